The lowest BCUT2D eigenvalue weighted by molar-refractivity contribution is 0.0165. The van der Waals surface area contributed by atoms with Crippen molar-refractivity contribution in [3.63, 3.8) is 0 Å². The van der Waals surface area contributed by atoms with E-state index in [1.807, 2.05) is 26.8 Å². The number of ether oxygens (including phenoxy) is 1. The molecule has 0 radical (unpaired) electrons. The van der Waals surface area contributed by atoms with E-state index >= 15 is 0 Å². The number of carbonyl (C=O) groups excluding carboxylic acids is 1. The molecule has 2 aromatic rings. The van der Waals surface area contributed by atoms with Gasteiger partial charge in [-0.1, -0.05) is 11.3 Å². The largest absolute Gasteiger partial charge is 0.444 e. The Kier molecular flexibility index (Phi) is 5.65. The van der Waals surface area contributed by atoms with Gasteiger partial charge in [0.25, 0.3) is 0 Å². The zero-order chi connectivity index (χ0) is 18.6. The van der Waals surface area contributed by atoms with E-state index in [9.17, 15) is 4.79 Å². The van der Waals surface area contributed by atoms with Gasteiger partial charge in [0.15, 0.2) is 0 Å². The minimum atomic E-state index is -0.470. The SMILES string of the molecule is CC(C)(C)OC(=O)N1CCC[C@@H](Cc2cc(Nc3nncs3)ncn2)C1. The van der Waals surface area contributed by atoms with Crippen molar-refractivity contribution >= 4 is 28.4 Å². The first-order chi connectivity index (χ1) is 12.4. The maximum Gasteiger partial charge on any atom is 0.410 e. The number of nitrogens with zero attached hydrogens (tertiary/aromatic N) is 5. The molecule has 0 aliphatic carbocycles. The maximum atomic E-state index is 12.3. The third-order valence-corrected chi connectivity index (χ3v) is 4.59. The fourth-order valence-electron chi connectivity index (χ4n) is 2.93. The zero-order valence-corrected chi connectivity index (χ0v) is 16.1. The molecule has 8 nitrogen and oxygen atoms in total. The van der Waals surface area contributed by atoms with E-state index in [2.05, 4.69) is 25.5 Å². The van der Waals surface area contributed by atoms with Crippen LogP contribution in [-0.2, 0) is 11.2 Å². The smallest absolute Gasteiger partial charge is 0.410 e. The van der Waals surface area contributed by atoms with Gasteiger partial charge >= 0.3 is 6.09 Å². The number of carbonyl (C=O) groups is 1. The number of likely N-dealkylation sites (tertiary alicyclic amines) is 1. The molecule has 0 unspecified atom stereocenters. The molecule has 0 bridgehead atoms. The summed E-state index contributed by atoms with van der Waals surface area (Å²) in [6.07, 6.45) is 4.16. The maximum absolute atomic E-state index is 12.3. The first kappa shape index (κ1) is 18.5. The highest BCUT2D eigenvalue weighted by Crippen LogP contribution is 2.23. The fourth-order valence-corrected chi connectivity index (χ4v) is 3.39. The van der Waals surface area contributed by atoms with Gasteiger partial charge in [-0.05, 0) is 46.0 Å². The topological polar surface area (TPSA) is 93.1 Å². The molecule has 0 spiro atoms. The van der Waals surface area contributed by atoms with Gasteiger partial charge in [-0.25, -0.2) is 14.8 Å². The third kappa shape index (κ3) is 5.35. The van der Waals surface area contributed by atoms with E-state index in [0.29, 0.717) is 23.4 Å². The lowest BCUT2D eigenvalue weighted by Crippen LogP contribution is -2.43. The van der Waals surface area contributed by atoms with E-state index in [1.165, 1.54) is 11.3 Å². The number of piperidine rings is 1. The second-order valence-corrected chi connectivity index (χ2v) is 8.24. The van der Waals surface area contributed by atoms with Crippen molar-refractivity contribution in [2.75, 3.05) is 18.4 Å². The van der Waals surface area contributed by atoms with Crippen LogP contribution in [0.4, 0.5) is 15.7 Å². The summed E-state index contributed by atoms with van der Waals surface area (Å²) in [7, 11) is 0. The molecule has 1 saturated heterocycles. The standard InChI is InChI=1S/C17H24N6O2S/c1-17(2,3)25-16(24)23-6-4-5-12(9-23)7-13-8-14(19-10-18-13)21-15-22-20-11-26-15/h8,10-12H,4-7,9H2,1-3H3,(H,18,19,21,22)/t12-/m0/s1. The minimum absolute atomic E-state index is 0.233. The van der Waals surface area contributed by atoms with Crippen molar-refractivity contribution in [3.8, 4) is 0 Å². The van der Waals surface area contributed by atoms with Crippen LogP contribution in [0.5, 0.6) is 0 Å². The molecule has 3 rings (SSSR count). The van der Waals surface area contributed by atoms with E-state index in [1.54, 1.807) is 16.7 Å². The predicted molar refractivity (Wildman–Crippen MR) is 99.5 cm³/mol. The molecular weight excluding hydrogens is 352 g/mol. The van der Waals surface area contributed by atoms with E-state index < -0.39 is 5.60 Å². The summed E-state index contributed by atoms with van der Waals surface area (Å²) < 4.78 is 5.49. The van der Waals surface area contributed by atoms with Gasteiger partial charge in [0.2, 0.25) is 5.13 Å². The number of hydrogen-bond acceptors (Lipinski definition) is 8. The molecule has 1 amide bonds. The number of rotatable bonds is 4. The average molecular weight is 376 g/mol. The Morgan fingerprint density at radius 2 is 2.27 bits per heavy atom. The summed E-state index contributed by atoms with van der Waals surface area (Å²) in [5, 5.41) is 11.6. The average Bonchev–Trinajstić information content (AvgIpc) is 3.07. The third-order valence-electron chi connectivity index (χ3n) is 3.99. The van der Waals surface area contributed by atoms with Crippen molar-refractivity contribution in [2.24, 2.45) is 5.92 Å². The van der Waals surface area contributed by atoms with Gasteiger partial charge in [0.1, 0.15) is 23.3 Å². The van der Waals surface area contributed by atoms with Gasteiger partial charge in [-0.3, -0.25) is 0 Å². The molecule has 26 heavy (non-hydrogen) atoms. The molecule has 1 N–H and O–H groups in total. The second-order valence-electron chi connectivity index (χ2n) is 7.40. The number of nitrogens with one attached hydrogen (secondary N) is 1. The van der Waals surface area contributed by atoms with Gasteiger partial charge in [-0.2, -0.15) is 0 Å². The quantitative estimate of drug-likeness (QED) is 0.875. The van der Waals surface area contributed by atoms with Crippen molar-refractivity contribution in [1.29, 1.82) is 0 Å². The van der Waals surface area contributed by atoms with E-state index in [4.69, 9.17) is 4.74 Å². The zero-order valence-electron chi connectivity index (χ0n) is 15.3. The Morgan fingerprint density at radius 1 is 1.42 bits per heavy atom. The summed E-state index contributed by atoms with van der Waals surface area (Å²) >= 11 is 1.42. The Labute approximate surface area is 157 Å². The summed E-state index contributed by atoms with van der Waals surface area (Å²) in [5.74, 6) is 1.06. The molecule has 140 valence electrons. The lowest BCUT2D eigenvalue weighted by Gasteiger charge is -2.34. The van der Waals surface area contributed by atoms with Crippen LogP contribution in [0.3, 0.4) is 0 Å². The van der Waals surface area contributed by atoms with Crippen molar-refractivity contribution in [2.45, 2.75) is 45.6 Å². The van der Waals surface area contributed by atoms with E-state index in [-0.39, 0.29) is 6.09 Å². The Hall–Kier alpha value is -2.29. The second kappa shape index (κ2) is 7.94. The van der Waals surface area contributed by atoms with Gasteiger partial charge in [0, 0.05) is 24.8 Å². The minimum Gasteiger partial charge on any atom is -0.444 e. The Balaban J connectivity index is 1.59. The molecule has 1 fully saturated rings. The molecule has 1 aliphatic heterocycles. The molecule has 1 aliphatic rings. The van der Waals surface area contributed by atoms with Crippen LogP contribution >= 0.6 is 11.3 Å². The summed E-state index contributed by atoms with van der Waals surface area (Å²) in [5.41, 5.74) is 2.14. The van der Waals surface area contributed by atoms with Crippen LogP contribution in [0.2, 0.25) is 0 Å². The molecule has 9 heteroatoms. The Morgan fingerprint density at radius 3 is 3.00 bits per heavy atom. The summed E-state index contributed by atoms with van der Waals surface area (Å²) in [4.78, 5) is 22.7. The molecular formula is C17H24N6O2S. The normalized spacial score (nSPS) is 17.8. The van der Waals surface area contributed by atoms with Crippen LogP contribution in [-0.4, -0.2) is 49.8 Å². The van der Waals surface area contributed by atoms with Gasteiger partial charge in [-0.15, -0.1) is 10.2 Å². The van der Waals surface area contributed by atoms with Crippen molar-refractivity contribution < 1.29 is 9.53 Å². The van der Waals surface area contributed by atoms with Gasteiger partial charge < -0.3 is 15.0 Å². The summed E-state index contributed by atoms with van der Waals surface area (Å²) in [6.45, 7) is 7.11. The van der Waals surface area contributed by atoms with Crippen LogP contribution in [0.25, 0.3) is 0 Å². The number of anilines is 2. The molecule has 3 heterocycles. The number of amides is 1. The molecule has 2 aromatic heterocycles. The van der Waals surface area contributed by atoms with Crippen LogP contribution < -0.4 is 5.32 Å². The monoisotopic (exact) mass is 376 g/mol. The highest BCUT2D eigenvalue weighted by Gasteiger charge is 2.27. The lowest BCUT2D eigenvalue weighted by atomic mass is 9.93. The highest BCUT2D eigenvalue weighted by atomic mass is 32.1. The van der Waals surface area contributed by atoms with Crippen molar-refractivity contribution in [3.05, 3.63) is 23.6 Å². The van der Waals surface area contributed by atoms with Crippen LogP contribution in [0.15, 0.2) is 17.9 Å². The summed E-state index contributed by atoms with van der Waals surface area (Å²) in [6, 6.07) is 1.92. The number of aromatic nitrogens is 4. The number of hydrogen-bond donors (Lipinski definition) is 1. The van der Waals surface area contributed by atoms with E-state index in [0.717, 1.165) is 31.5 Å². The van der Waals surface area contributed by atoms with Crippen molar-refractivity contribution in [1.82, 2.24) is 25.1 Å². The predicted octanol–water partition coefficient (Wildman–Crippen LogP) is 3.26. The van der Waals surface area contributed by atoms with Crippen LogP contribution in [0.1, 0.15) is 39.3 Å². The highest BCUT2D eigenvalue weighted by molar-refractivity contribution is 7.13. The first-order valence-corrected chi connectivity index (χ1v) is 9.59. The molecule has 1 atom stereocenters. The molecule has 0 saturated carbocycles. The van der Waals surface area contributed by atoms with Crippen LogP contribution in [0, 0.1) is 5.92 Å². The first-order valence-electron chi connectivity index (χ1n) is 8.71. The fraction of sp³-hybridized carbons (Fsp3) is 0.588. The van der Waals surface area contributed by atoms with Gasteiger partial charge in [0.05, 0.1) is 0 Å². The molecule has 0 aromatic carbocycles. The Bertz CT molecular complexity index is 731.